The van der Waals surface area contributed by atoms with Crippen LogP contribution in [-0.2, 0) is 4.74 Å². The molecule has 112 valence electrons. The zero-order valence-corrected chi connectivity index (χ0v) is 12.5. The smallest absolute Gasteiger partial charge is 0.208 e. The van der Waals surface area contributed by atoms with Gasteiger partial charge in [0.15, 0.2) is 0 Å². The predicted molar refractivity (Wildman–Crippen MR) is 79.9 cm³/mol. The van der Waals surface area contributed by atoms with Crippen LogP contribution in [0, 0.1) is 5.92 Å². The van der Waals surface area contributed by atoms with Gasteiger partial charge in [-0.15, -0.1) is 0 Å². The molecule has 0 radical (unpaired) electrons. The number of rotatable bonds is 7. The molecule has 3 N–H and O–H groups in total. The van der Waals surface area contributed by atoms with Gasteiger partial charge in [0.25, 0.3) is 0 Å². The molecule has 5 heteroatoms. The van der Waals surface area contributed by atoms with Crippen LogP contribution in [0.15, 0.2) is 4.99 Å². The Morgan fingerprint density at radius 2 is 2.11 bits per heavy atom. The van der Waals surface area contributed by atoms with Crippen LogP contribution in [0.4, 0.5) is 0 Å². The summed E-state index contributed by atoms with van der Waals surface area (Å²) in [6, 6.07) is 0. The summed E-state index contributed by atoms with van der Waals surface area (Å²) in [4.78, 5) is 6.66. The van der Waals surface area contributed by atoms with Crippen molar-refractivity contribution in [3.05, 3.63) is 0 Å². The van der Waals surface area contributed by atoms with Crippen LogP contribution in [0.3, 0.4) is 0 Å². The van der Waals surface area contributed by atoms with Gasteiger partial charge in [0, 0.05) is 33.4 Å². The van der Waals surface area contributed by atoms with Crippen molar-refractivity contribution in [3.8, 4) is 0 Å². The summed E-state index contributed by atoms with van der Waals surface area (Å²) < 4.78 is 5.30. The monoisotopic (exact) mass is 270 g/mol. The van der Waals surface area contributed by atoms with Crippen molar-refractivity contribution in [2.45, 2.75) is 45.4 Å². The van der Waals surface area contributed by atoms with Crippen LogP contribution in [0.25, 0.3) is 0 Å². The van der Waals surface area contributed by atoms with Crippen molar-refractivity contribution in [3.63, 3.8) is 0 Å². The lowest BCUT2D eigenvalue weighted by Crippen LogP contribution is -2.45. The van der Waals surface area contributed by atoms with E-state index in [2.05, 4.69) is 22.4 Å². The summed E-state index contributed by atoms with van der Waals surface area (Å²) in [5.74, 6) is 7.15. The second-order valence-corrected chi connectivity index (χ2v) is 5.28. The highest BCUT2D eigenvalue weighted by atomic mass is 16.5. The average Bonchev–Trinajstić information content (AvgIpc) is 2.44. The molecular weight excluding hydrogens is 240 g/mol. The Hall–Kier alpha value is -0.810. The van der Waals surface area contributed by atoms with Gasteiger partial charge in [-0.1, -0.05) is 19.3 Å². The van der Waals surface area contributed by atoms with Crippen molar-refractivity contribution in [2.75, 3.05) is 33.4 Å². The highest BCUT2D eigenvalue weighted by molar-refractivity contribution is 5.79. The molecule has 0 heterocycles. The fraction of sp³-hybridized carbons (Fsp3) is 0.929. The van der Waals surface area contributed by atoms with Crippen molar-refractivity contribution in [1.82, 2.24) is 10.3 Å². The first-order valence-electron chi connectivity index (χ1n) is 7.57. The standard InChI is InChI=1S/C14H30N4O/c1-3-19-11-7-10-16-14(17-15)18(2)12-13-8-5-4-6-9-13/h13H,3-12,15H2,1-2H3,(H,16,17). The van der Waals surface area contributed by atoms with Crippen LogP contribution in [0.1, 0.15) is 45.4 Å². The second kappa shape index (κ2) is 10.0. The first-order valence-corrected chi connectivity index (χ1v) is 7.57. The van der Waals surface area contributed by atoms with Crippen molar-refractivity contribution in [1.29, 1.82) is 0 Å². The third-order valence-electron chi connectivity index (χ3n) is 3.66. The number of ether oxygens (including phenoxy) is 1. The third kappa shape index (κ3) is 6.78. The number of guanidine groups is 1. The number of hydrazine groups is 1. The fourth-order valence-corrected chi connectivity index (χ4v) is 2.62. The maximum absolute atomic E-state index is 5.57. The summed E-state index contributed by atoms with van der Waals surface area (Å²) in [7, 11) is 2.07. The van der Waals surface area contributed by atoms with Gasteiger partial charge in [-0.2, -0.15) is 0 Å². The molecule has 1 fully saturated rings. The summed E-state index contributed by atoms with van der Waals surface area (Å²) in [6.45, 7) is 5.36. The lowest BCUT2D eigenvalue weighted by Gasteiger charge is -2.28. The summed E-state index contributed by atoms with van der Waals surface area (Å²) in [5.41, 5.74) is 2.72. The molecule has 0 aromatic carbocycles. The van der Waals surface area contributed by atoms with Crippen molar-refractivity contribution in [2.24, 2.45) is 16.8 Å². The molecule has 1 aliphatic rings. The molecule has 1 rings (SSSR count). The van der Waals surface area contributed by atoms with Gasteiger partial charge in [-0.25, -0.2) is 5.84 Å². The van der Waals surface area contributed by atoms with Gasteiger partial charge in [0.05, 0.1) is 0 Å². The van der Waals surface area contributed by atoms with E-state index in [1.807, 2.05) is 6.92 Å². The fourth-order valence-electron chi connectivity index (χ4n) is 2.62. The molecule has 5 nitrogen and oxygen atoms in total. The maximum atomic E-state index is 5.57. The van der Waals surface area contributed by atoms with Gasteiger partial charge in [-0.3, -0.25) is 10.4 Å². The topological polar surface area (TPSA) is 62.9 Å². The lowest BCUT2D eigenvalue weighted by molar-refractivity contribution is 0.146. The van der Waals surface area contributed by atoms with Crippen molar-refractivity contribution >= 4 is 5.96 Å². The quantitative estimate of drug-likeness (QED) is 0.243. The Morgan fingerprint density at radius 1 is 1.37 bits per heavy atom. The third-order valence-corrected chi connectivity index (χ3v) is 3.66. The van der Waals surface area contributed by atoms with Gasteiger partial charge in [-0.05, 0) is 32.1 Å². The minimum absolute atomic E-state index is 0.758. The molecule has 0 saturated heterocycles. The van der Waals surface area contributed by atoms with Crippen LogP contribution >= 0.6 is 0 Å². The van der Waals surface area contributed by atoms with E-state index in [1.165, 1.54) is 32.1 Å². The van der Waals surface area contributed by atoms with Gasteiger partial charge < -0.3 is 9.64 Å². The van der Waals surface area contributed by atoms with E-state index in [0.29, 0.717) is 0 Å². The minimum Gasteiger partial charge on any atom is -0.382 e. The number of nitrogens with one attached hydrogen (secondary N) is 1. The van der Waals surface area contributed by atoms with E-state index in [9.17, 15) is 0 Å². The van der Waals surface area contributed by atoms with Gasteiger partial charge >= 0.3 is 0 Å². The zero-order valence-electron chi connectivity index (χ0n) is 12.5. The lowest BCUT2D eigenvalue weighted by atomic mass is 9.89. The summed E-state index contributed by atoms with van der Waals surface area (Å²) in [5, 5.41) is 0. The molecule has 0 spiro atoms. The molecule has 0 bridgehead atoms. The SMILES string of the molecule is CCOCCCN=C(NN)N(C)CC1CCCCC1. The van der Waals surface area contributed by atoms with Crippen LogP contribution in [0.2, 0.25) is 0 Å². The average molecular weight is 270 g/mol. The van der Waals surface area contributed by atoms with E-state index in [-0.39, 0.29) is 0 Å². The Morgan fingerprint density at radius 3 is 2.74 bits per heavy atom. The first kappa shape index (κ1) is 16.2. The zero-order chi connectivity index (χ0) is 13.9. The Balaban J connectivity index is 2.28. The van der Waals surface area contributed by atoms with E-state index in [0.717, 1.165) is 44.6 Å². The minimum atomic E-state index is 0.758. The van der Waals surface area contributed by atoms with Gasteiger partial charge in [0.1, 0.15) is 0 Å². The number of hydrogen-bond acceptors (Lipinski definition) is 3. The van der Waals surface area contributed by atoms with Crippen LogP contribution in [0.5, 0.6) is 0 Å². The maximum Gasteiger partial charge on any atom is 0.208 e. The normalized spacial score (nSPS) is 17.5. The van der Waals surface area contributed by atoms with E-state index < -0.39 is 0 Å². The molecule has 0 aromatic rings. The second-order valence-electron chi connectivity index (χ2n) is 5.28. The van der Waals surface area contributed by atoms with Crippen molar-refractivity contribution < 1.29 is 4.74 Å². The van der Waals surface area contributed by atoms with E-state index in [4.69, 9.17) is 10.6 Å². The molecular formula is C14H30N4O. The number of nitrogens with two attached hydrogens (primary N) is 1. The van der Waals surface area contributed by atoms with Crippen LogP contribution in [-0.4, -0.2) is 44.2 Å². The summed E-state index contributed by atoms with van der Waals surface area (Å²) >= 11 is 0. The largest absolute Gasteiger partial charge is 0.382 e. The Kier molecular flexibility index (Phi) is 8.58. The number of nitrogens with zero attached hydrogens (tertiary/aromatic N) is 2. The molecule has 0 unspecified atom stereocenters. The molecule has 1 aliphatic carbocycles. The van der Waals surface area contributed by atoms with Crippen LogP contribution < -0.4 is 11.3 Å². The highest BCUT2D eigenvalue weighted by Crippen LogP contribution is 2.23. The predicted octanol–water partition coefficient (Wildman–Crippen LogP) is 1.74. The first-order chi connectivity index (χ1) is 9.27. The Bertz CT molecular complexity index is 252. The molecule has 0 aliphatic heterocycles. The van der Waals surface area contributed by atoms with E-state index >= 15 is 0 Å². The van der Waals surface area contributed by atoms with Gasteiger partial charge in [0.2, 0.25) is 5.96 Å². The molecule has 19 heavy (non-hydrogen) atoms. The molecule has 1 saturated carbocycles. The number of aliphatic imine (C=N–C) groups is 1. The number of hydrogen-bond donors (Lipinski definition) is 2. The Labute approximate surface area is 117 Å². The molecule has 0 amide bonds. The molecule has 0 aromatic heterocycles. The van der Waals surface area contributed by atoms with E-state index in [1.54, 1.807) is 0 Å². The molecule has 0 atom stereocenters. The summed E-state index contributed by atoms with van der Waals surface area (Å²) in [6.07, 6.45) is 7.76. The highest BCUT2D eigenvalue weighted by Gasteiger charge is 2.16.